The monoisotopic (exact) mass is 2040 g/mol. The molecule has 17 aromatic rings. The van der Waals surface area contributed by atoms with E-state index in [-0.39, 0.29) is 56.2 Å². The van der Waals surface area contributed by atoms with Crippen LogP contribution in [-0.4, -0.2) is 100 Å². The van der Waals surface area contributed by atoms with Gasteiger partial charge in [-0.3, -0.25) is 33.8 Å². The number of nitriles is 2. The number of aromatic nitrogens is 13. The summed E-state index contributed by atoms with van der Waals surface area (Å²) in [5, 5.41) is 36.7. The van der Waals surface area contributed by atoms with Gasteiger partial charge in [0.05, 0.1) is 97.3 Å². The number of carbonyl (C=O) groups excluding carboxylic acids is 6. The SMILES string of the molecule is C.C.CC1=CC(C(=O)Nc2cc(Cl)cc(Oc3cncnc3)c2)CC=C1.Cc1cccc(C(=O)Nc2cc(C#N)cc(Oc3cncnc3)c2)c1.Cc1cccc(C(=O)Nc2cc(Cl)cc(Oc3cccnc3)c2)n1.Cc1cccc(C(=O)Nc2cc(Cl)cc(Oc3cncnc3)c2)c1.Cc1cccc(C(=O)Nc2cccc(Oc3cncnc3)c2)n1.N#Cc1cccc(C(=O)Nc2cc(Cl)cc(Oc3cncnc3)c2)c1. The van der Waals surface area contributed by atoms with Crippen LogP contribution in [0.4, 0.5) is 34.1 Å². The van der Waals surface area contributed by atoms with Crippen LogP contribution in [0.15, 0.2) is 366 Å². The fourth-order valence-electron chi connectivity index (χ4n) is 13.0. The lowest BCUT2D eigenvalue weighted by Crippen LogP contribution is -2.22. The third kappa shape index (κ3) is 36.0. The van der Waals surface area contributed by atoms with Gasteiger partial charge in [0.15, 0.2) is 28.7 Å². The minimum atomic E-state index is -0.353. The molecule has 1 aliphatic carbocycles. The Labute approximate surface area is 865 Å². The zero-order valence-corrected chi connectivity index (χ0v) is 80.5. The predicted molar refractivity (Wildman–Crippen MR) is 563 cm³/mol. The maximum atomic E-state index is 12.4. The van der Waals surface area contributed by atoms with Crippen molar-refractivity contribution in [2.45, 2.75) is 55.9 Å². The largest absolute Gasteiger partial charge is 0.456 e. The van der Waals surface area contributed by atoms with Crippen LogP contribution >= 0.6 is 46.4 Å². The van der Waals surface area contributed by atoms with Crippen molar-refractivity contribution in [1.29, 1.82) is 10.5 Å². The molecule has 736 valence electrons. The topological polar surface area (TPSA) is 445 Å². The zero-order valence-electron chi connectivity index (χ0n) is 77.5. The lowest BCUT2D eigenvalue weighted by molar-refractivity contribution is -0.118. The van der Waals surface area contributed by atoms with Gasteiger partial charge < -0.3 is 60.3 Å². The van der Waals surface area contributed by atoms with Gasteiger partial charge in [0.1, 0.15) is 83.3 Å². The molecule has 18 rings (SSSR count). The number of hydrogen-bond acceptors (Lipinski definition) is 27. The molecule has 0 spiro atoms. The number of ether oxygens (including phenoxy) is 6. The van der Waals surface area contributed by atoms with E-state index in [4.69, 9.17) is 80.1 Å². The van der Waals surface area contributed by atoms with E-state index in [2.05, 4.69) is 103 Å². The average Bonchev–Trinajstić information content (AvgIpc) is 0.857. The molecule has 1 atom stereocenters. The molecule has 8 heterocycles. The van der Waals surface area contributed by atoms with Crippen molar-refractivity contribution in [3.05, 3.63) is 448 Å². The molecule has 33 nitrogen and oxygen atoms in total. The molecule has 0 fully saturated rings. The van der Waals surface area contributed by atoms with E-state index in [1.165, 1.54) is 62.5 Å². The number of carbonyl (C=O) groups is 6. The maximum absolute atomic E-state index is 12.4. The molecule has 9 aromatic carbocycles. The molecular formula is C110H91Cl4N21O12. The molecule has 37 heteroatoms. The van der Waals surface area contributed by atoms with Gasteiger partial charge in [-0.05, 0) is 193 Å². The molecule has 1 aliphatic rings. The highest BCUT2D eigenvalue weighted by Crippen LogP contribution is 2.35. The number of aryl methyl sites for hydroxylation is 4. The molecule has 0 bridgehead atoms. The number of nitrogens with one attached hydrogen (secondary N) is 6. The van der Waals surface area contributed by atoms with Gasteiger partial charge in [-0.1, -0.05) is 145 Å². The molecule has 0 saturated heterocycles. The molecule has 0 aliphatic heterocycles. The zero-order chi connectivity index (χ0) is 102. The van der Waals surface area contributed by atoms with Gasteiger partial charge in [0.25, 0.3) is 29.5 Å². The maximum Gasteiger partial charge on any atom is 0.274 e. The minimum Gasteiger partial charge on any atom is -0.456 e. The summed E-state index contributed by atoms with van der Waals surface area (Å²) in [5.74, 6) is 4.22. The third-order valence-corrected chi connectivity index (χ3v) is 20.1. The van der Waals surface area contributed by atoms with Gasteiger partial charge in [0, 0.05) is 125 Å². The Bertz CT molecular complexity index is 7420. The van der Waals surface area contributed by atoms with Crippen molar-refractivity contribution >= 4 is 116 Å². The van der Waals surface area contributed by atoms with Crippen molar-refractivity contribution in [2.75, 3.05) is 31.9 Å². The number of halogens is 4. The summed E-state index contributed by atoms with van der Waals surface area (Å²) in [6.07, 6.45) is 32.3. The Morgan fingerprint density at radius 2 is 0.633 bits per heavy atom. The normalized spacial score (nSPS) is 11.0. The van der Waals surface area contributed by atoms with Gasteiger partial charge in [-0.25, -0.2) is 59.8 Å². The first kappa shape index (κ1) is 108. The smallest absolute Gasteiger partial charge is 0.274 e. The summed E-state index contributed by atoms with van der Waals surface area (Å²) < 4.78 is 33.9. The van der Waals surface area contributed by atoms with Gasteiger partial charge in [0.2, 0.25) is 5.91 Å². The molecule has 8 aromatic heterocycles. The Morgan fingerprint density at radius 3 is 1.01 bits per heavy atom. The van der Waals surface area contributed by atoms with Crippen LogP contribution in [0.1, 0.15) is 114 Å². The van der Waals surface area contributed by atoms with Crippen molar-refractivity contribution < 1.29 is 57.2 Å². The molecule has 147 heavy (non-hydrogen) atoms. The summed E-state index contributed by atoms with van der Waals surface area (Å²) in [4.78, 5) is 125. The van der Waals surface area contributed by atoms with Crippen molar-refractivity contribution in [3.8, 4) is 81.1 Å². The molecule has 6 amide bonds. The van der Waals surface area contributed by atoms with Crippen LogP contribution in [0.3, 0.4) is 0 Å². The first-order valence-electron chi connectivity index (χ1n) is 43.6. The standard InChI is InChI=1S/C19H14N4O2.C18H11ClN4O2.C18H14ClN3O2.C18H16ClN3O2.C18H14ClN3O2.C17H14N4O2.2CH4/c1-13-3-2-4-15(5-13)19(24)23-16-6-14(9-20)7-17(8-16)25-18-10-21-12-22-11-18;19-14-5-15(7-16(6-14)25-17-9-21-11-22-10-17)23-18(24)13-3-1-2-12(4-13)8-20;1-12-4-2-6-17(21-12)18(23)22-14-8-13(19)9-16(10-14)24-15-5-3-7-20-11-15;2*1-12-3-2-4-13(5-12)18(23)22-15-6-14(19)7-16(8-15)24-17-9-20-11-21-10-17;1-12-4-2-7-16(20-12)17(22)21-13-5-3-6-14(8-13)23-15-9-18-11-19-10-15;;/h2-8,10-12H,1H3,(H,23,24);1-7,9-11H,(H,23,24);2-11H,1H3,(H,22,23);2-3,5-11,13H,4H2,1H3,(H,22,23);2-11H,1H3,(H,22,23);2-11H,1H3,(H,21,22);2*1H4. The average molecular weight is 2040 g/mol. The number of pyridine rings is 3. The van der Waals surface area contributed by atoms with Crippen molar-refractivity contribution in [1.82, 2.24) is 64.8 Å². The lowest BCUT2D eigenvalue weighted by Gasteiger charge is -2.16. The van der Waals surface area contributed by atoms with Gasteiger partial charge >= 0.3 is 0 Å². The molecule has 0 saturated carbocycles. The Hall–Kier alpha value is -18.9. The highest BCUT2D eigenvalue weighted by molar-refractivity contribution is 6.32. The van der Waals surface area contributed by atoms with E-state index in [1.807, 2.05) is 101 Å². The summed E-state index contributed by atoms with van der Waals surface area (Å²) in [6.45, 7) is 9.50. The summed E-state index contributed by atoms with van der Waals surface area (Å²) in [5.41, 5.74) is 10.8. The minimum absolute atomic E-state index is 0. The molecule has 0 radical (unpaired) electrons. The number of amides is 6. The van der Waals surface area contributed by atoms with Gasteiger partial charge in [-0.15, -0.1) is 0 Å². The summed E-state index contributed by atoms with van der Waals surface area (Å²) in [6, 6.07) is 71.0. The predicted octanol–water partition coefficient (Wildman–Crippen LogP) is 25.6. The summed E-state index contributed by atoms with van der Waals surface area (Å²) >= 11 is 24.4. The first-order chi connectivity index (χ1) is 70.3. The van der Waals surface area contributed by atoms with Crippen LogP contribution in [0.2, 0.25) is 20.1 Å². The molecular weight excluding hydrogens is 1950 g/mol. The molecule has 1 unspecified atom stereocenters. The number of allylic oxidation sites excluding steroid dienone is 3. The number of rotatable bonds is 24. The van der Waals surface area contributed by atoms with E-state index in [0.29, 0.717) is 169 Å². The number of benzene rings is 9. The van der Waals surface area contributed by atoms with Crippen LogP contribution in [-0.2, 0) is 4.79 Å². The van der Waals surface area contributed by atoms with Crippen LogP contribution in [0, 0.1) is 56.3 Å². The van der Waals surface area contributed by atoms with E-state index >= 15 is 0 Å². The third-order valence-electron chi connectivity index (χ3n) is 19.3. The van der Waals surface area contributed by atoms with Crippen molar-refractivity contribution in [2.24, 2.45) is 5.92 Å². The van der Waals surface area contributed by atoms with Crippen LogP contribution < -0.4 is 60.3 Å². The second-order valence-electron chi connectivity index (χ2n) is 30.9. The fraction of sp³-hybridized carbons (Fsp3) is 0.0818. The Kier molecular flexibility index (Phi) is 40.8. The Balaban J connectivity index is 0.000000167. The van der Waals surface area contributed by atoms with Crippen LogP contribution in [0.5, 0.6) is 69.0 Å². The quantitative estimate of drug-likeness (QED) is 0.0327. The second kappa shape index (κ2) is 55.3. The fourth-order valence-corrected chi connectivity index (χ4v) is 13.9. The highest BCUT2D eigenvalue weighted by Gasteiger charge is 2.21. The van der Waals surface area contributed by atoms with E-state index in [0.717, 1.165) is 28.1 Å². The second-order valence-corrected chi connectivity index (χ2v) is 32.7. The Morgan fingerprint density at radius 1 is 0.306 bits per heavy atom. The first-order valence-corrected chi connectivity index (χ1v) is 45.1. The van der Waals surface area contributed by atoms with E-state index in [9.17, 15) is 34.0 Å². The number of hydrogen-bond donors (Lipinski definition) is 6. The lowest BCUT2D eigenvalue weighted by atomic mass is 9.96. The number of nitrogens with zero attached hydrogens (tertiary/aromatic N) is 15. The number of anilines is 6. The summed E-state index contributed by atoms with van der Waals surface area (Å²) in [7, 11) is 0. The van der Waals surface area contributed by atoms with Gasteiger partial charge in [-0.2, -0.15) is 10.5 Å². The highest BCUT2D eigenvalue weighted by atomic mass is 35.5. The van der Waals surface area contributed by atoms with Crippen molar-refractivity contribution in [3.63, 3.8) is 0 Å². The molecule has 6 N–H and O–H groups in total. The van der Waals surface area contributed by atoms with E-state index < -0.39 is 0 Å². The van der Waals surface area contributed by atoms with E-state index in [1.54, 1.807) is 238 Å². The van der Waals surface area contributed by atoms with Crippen LogP contribution in [0.25, 0.3) is 0 Å².